The molecule has 3 rings (SSSR count). The quantitative estimate of drug-likeness (QED) is 0.626. The summed E-state index contributed by atoms with van der Waals surface area (Å²) in [5.74, 6) is -0.995. The number of anilines is 1. The third-order valence-electron chi connectivity index (χ3n) is 4.06. The van der Waals surface area contributed by atoms with Gasteiger partial charge in [0.15, 0.2) is 12.4 Å². The first kappa shape index (κ1) is 22.5. The van der Waals surface area contributed by atoms with Crippen LogP contribution in [0.2, 0.25) is 10.0 Å². The molecular formula is C17H17Cl2N3O7S. The minimum Gasteiger partial charge on any atom is -0.452 e. The van der Waals surface area contributed by atoms with Gasteiger partial charge in [0.1, 0.15) is 10.7 Å². The summed E-state index contributed by atoms with van der Waals surface area (Å²) in [4.78, 5) is 24.0. The number of benzene rings is 1. The first-order valence-electron chi connectivity index (χ1n) is 8.65. The van der Waals surface area contributed by atoms with Crippen LogP contribution in [-0.4, -0.2) is 62.7 Å². The Kier molecular flexibility index (Phi) is 6.98. The number of nitrogens with zero attached hydrogens (tertiary/aromatic N) is 2. The highest BCUT2D eigenvalue weighted by molar-refractivity contribution is 7.89. The summed E-state index contributed by atoms with van der Waals surface area (Å²) in [7, 11) is -3.98. The van der Waals surface area contributed by atoms with E-state index in [2.05, 4.69) is 10.5 Å². The predicted octanol–water partition coefficient (Wildman–Crippen LogP) is 2.11. The van der Waals surface area contributed by atoms with Gasteiger partial charge in [-0.2, -0.15) is 4.31 Å². The number of hydrogen-bond acceptors (Lipinski definition) is 8. The van der Waals surface area contributed by atoms with Crippen LogP contribution in [0.4, 0.5) is 5.82 Å². The van der Waals surface area contributed by atoms with E-state index in [4.69, 9.17) is 37.2 Å². The minimum atomic E-state index is -3.98. The van der Waals surface area contributed by atoms with Crippen molar-refractivity contribution in [3.63, 3.8) is 0 Å². The Labute approximate surface area is 182 Å². The largest absolute Gasteiger partial charge is 0.452 e. The fourth-order valence-corrected chi connectivity index (χ4v) is 4.86. The third kappa shape index (κ3) is 5.10. The molecule has 10 nitrogen and oxygen atoms in total. The predicted molar refractivity (Wildman–Crippen MR) is 106 cm³/mol. The molecule has 1 aromatic heterocycles. The standard InChI is InChI=1S/C17H17Cl2N3O7S/c1-10-6-15(21-29-10)20-16(23)9-28-17(24)11-7-14(13(19)8-12(11)18)30(25,26)22-2-4-27-5-3-22/h6-8H,2-5,9H2,1H3,(H,20,21,23). The highest BCUT2D eigenvalue weighted by Crippen LogP contribution is 2.31. The van der Waals surface area contributed by atoms with E-state index in [9.17, 15) is 18.0 Å². The molecule has 1 aliphatic heterocycles. The molecular weight excluding hydrogens is 461 g/mol. The van der Waals surface area contributed by atoms with Gasteiger partial charge in [-0.25, -0.2) is 13.2 Å². The monoisotopic (exact) mass is 477 g/mol. The van der Waals surface area contributed by atoms with Crippen molar-refractivity contribution in [3.8, 4) is 0 Å². The van der Waals surface area contributed by atoms with Crippen LogP contribution in [0, 0.1) is 6.92 Å². The lowest BCUT2D eigenvalue weighted by Gasteiger charge is -2.26. The maximum atomic E-state index is 12.9. The Morgan fingerprint density at radius 3 is 2.53 bits per heavy atom. The molecule has 0 aliphatic carbocycles. The minimum absolute atomic E-state index is 0.113. The van der Waals surface area contributed by atoms with Gasteiger partial charge in [0, 0.05) is 19.2 Å². The maximum absolute atomic E-state index is 12.9. The molecule has 1 fully saturated rings. The van der Waals surface area contributed by atoms with E-state index in [0.717, 1.165) is 12.1 Å². The highest BCUT2D eigenvalue weighted by atomic mass is 35.5. The van der Waals surface area contributed by atoms with Gasteiger partial charge in [-0.15, -0.1) is 0 Å². The van der Waals surface area contributed by atoms with E-state index in [1.54, 1.807) is 6.92 Å². The second kappa shape index (κ2) is 9.31. The van der Waals surface area contributed by atoms with Crippen LogP contribution in [0.1, 0.15) is 16.1 Å². The molecule has 1 N–H and O–H groups in total. The molecule has 2 heterocycles. The Morgan fingerprint density at radius 2 is 1.90 bits per heavy atom. The molecule has 30 heavy (non-hydrogen) atoms. The fraction of sp³-hybridized carbons (Fsp3) is 0.353. The normalized spacial score (nSPS) is 15.0. The average Bonchev–Trinajstić information content (AvgIpc) is 3.11. The second-order valence-corrected chi connectivity index (χ2v) is 8.95. The molecule has 162 valence electrons. The number of esters is 1. The van der Waals surface area contributed by atoms with Crippen LogP contribution in [0.25, 0.3) is 0 Å². The molecule has 0 bridgehead atoms. The van der Waals surface area contributed by atoms with Crippen molar-refractivity contribution in [1.29, 1.82) is 0 Å². The smallest absolute Gasteiger partial charge is 0.340 e. The number of aromatic nitrogens is 1. The Bertz CT molecular complexity index is 1070. The van der Waals surface area contributed by atoms with E-state index in [1.165, 1.54) is 10.4 Å². The Balaban J connectivity index is 1.74. The van der Waals surface area contributed by atoms with E-state index in [1.807, 2.05) is 0 Å². The number of rotatable bonds is 6. The third-order valence-corrected chi connectivity index (χ3v) is 6.74. The van der Waals surface area contributed by atoms with Gasteiger partial charge >= 0.3 is 5.97 Å². The molecule has 1 amide bonds. The molecule has 0 saturated carbocycles. The topological polar surface area (TPSA) is 128 Å². The number of ether oxygens (including phenoxy) is 2. The zero-order chi connectivity index (χ0) is 21.9. The lowest BCUT2D eigenvalue weighted by molar-refractivity contribution is -0.119. The number of hydrogen-bond donors (Lipinski definition) is 1. The number of sulfonamides is 1. The lowest BCUT2D eigenvalue weighted by Crippen LogP contribution is -2.40. The van der Waals surface area contributed by atoms with E-state index in [-0.39, 0.29) is 52.6 Å². The van der Waals surface area contributed by atoms with E-state index in [0.29, 0.717) is 5.76 Å². The van der Waals surface area contributed by atoms with Crippen LogP contribution in [0.3, 0.4) is 0 Å². The van der Waals surface area contributed by atoms with Crippen molar-refractivity contribution in [2.24, 2.45) is 0 Å². The Morgan fingerprint density at radius 1 is 1.20 bits per heavy atom. The number of nitrogens with one attached hydrogen (secondary N) is 1. The number of aryl methyl sites for hydroxylation is 1. The van der Waals surface area contributed by atoms with Crippen LogP contribution in [0.5, 0.6) is 0 Å². The van der Waals surface area contributed by atoms with Crippen molar-refractivity contribution >= 4 is 50.9 Å². The average molecular weight is 478 g/mol. The number of amides is 1. The van der Waals surface area contributed by atoms with Gasteiger partial charge in [0.2, 0.25) is 10.0 Å². The van der Waals surface area contributed by atoms with Gasteiger partial charge in [0.25, 0.3) is 5.91 Å². The van der Waals surface area contributed by atoms with Crippen LogP contribution < -0.4 is 5.32 Å². The van der Waals surface area contributed by atoms with Gasteiger partial charge in [-0.3, -0.25) is 4.79 Å². The van der Waals surface area contributed by atoms with Crippen molar-refractivity contribution < 1.29 is 32.0 Å². The summed E-state index contributed by atoms with van der Waals surface area (Å²) in [6.45, 7) is 1.81. The maximum Gasteiger partial charge on any atom is 0.340 e. The summed E-state index contributed by atoms with van der Waals surface area (Å²) in [5.41, 5.74) is -0.238. The first-order chi connectivity index (χ1) is 14.2. The first-order valence-corrected chi connectivity index (χ1v) is 10.9. The molecule has 1 aliphatic rings. The number of carbonyl (C=O) groups is 2. The van der Waals surface area contributed by atoms with Gasteiger partial charge < -0.3 is 19.3 Å². The van der Waals surface area contributed by atoms with E-state index >= 15 is 0 Å². The summed E-state index contributed by atoms with van der Waals surface area (Å²) in [6.07, 6.45) is 0. The van der Waals surface area contributed by atoms with E-state index < -0.39 is 28.5 Å². The zero-order valence-electron chi connectivity index (χ0n) is 15.7. The second-order valence-electron chi connectivity index (χ2n) is 6.23. The molecule has 1 aromatic carbocycles. The molecule has 2 aromatic rings. The van der Waals surface area contributed by atoms with Crippen molar-refractivity contribution in [1.82, 2.24) is 9.46 Å². The van der Waals surface area contributed by atoms with Crippen LogP contribution >= 0.6 is 23.2 Å². The van der Waals surface area contributed by atoms with Crippen molar-refractivity contribution in [3.05, 3.63) is 39.6 Å². The SMILES string of the molecule is Cc1cc(NC(=O)COC(=O)c2cc(S(=O)(=O)N3CCOCC3)c(Cl)cc2Cl)no1. The van der Waals surface area contributed by atoms with Gasteiger partial charge in [0.05, 0.1) is 28.8 Å². The molecule has 0 atom stereocenters. The highest BCUT2D eigenvalue weighted by Gasteiger charge is 2.30. The van der Waals surface area contributed by atoms with Crippen molar-refractivity contribution in [2.45, 2.75) is 11.8 Å². The van der Waals surface area contributed by atoms with Crippen LogP contribution in [-0.2, 0) is 24.3 Å². The summed E-state index contributed by atoms with van der Waals surface area (Å²) in [5, 5.41) is 5.72. The molecule has 0 radical (unpaired) electrons. The number of morpholine rings is 1. The lowest BCUT2D eigenvalue weighted by atomic mass is 10.2. The zero-order valence-corrected chi connectivity index (χ0v) is 18.0. The molecule has 1 saturated heterocycles. The molecule has 0 spiro atoms. The summed E-state index contributed by atoms with van der Waals surface area (Å²) in [6, 6.07) is 3.67. The number of halogens is 2. The summed E-state index contributed by atoms with van der Waals surface area (Å²) >= 11 is 12.1. The van der Waals surface area contributed by atoms with Gasteiger partial charge in [-0.05, 0) is 19.1 Å². The molecule has 13 heteroatoms. The Hall–Kier alpha value is -2.18. The molecule has 0 unspecified atom stereocenters. The summed E-state index contributed by atoms with van der Waals surface area (Å²) < 4.78 is 41.9. The van der Waals surface area contributed by atoms with Crippen molar-refractivity contribution in [2.75, 3.05) is 38.2 Å². The number of carbonyl (C=O) groups excluding carboxylic acids is 2. The fourth-order valence-electron chi connectivity index (χ4n) is 2.62. The van der Waals surface area contributed by atoms with Gasteiger partial charge in [-0.1, -0.05) is 28.4 Å². The van der Waals surface area contributed by atoms with Crippen LogP contribution in [0.15, 0.2) is 27.6 Å².